The Balaban J connectivity index is 2.08. The first-order chi connectivity index (χ1) is 10.9. The summed E-state index contributed by atoms with van der Waals surface area (Å²) in [6, 6.07) is 10.3. The number of nitrogens with one attached hydrogen (secondary N) is 1. The highest BCUT2D eigenvalue weighted by Crippen LogP contribution is 2.39. The van der Waals surface area contributed by atoms with Crippen LogP contribution in [0.2, 0.25) is 0 Å². The number of aromatic amines is 1. The van der Waals surface area contributed by atoms with Gasteiger partial charge < -0.3 is 10.1 Å². The van der Waals surface area contributed by atoms with Crippen molar-refractivity contribution in [1.82, 2.24) is 4.98 Å². The molecule has 0 unspecified atom stereocenters. The Kier molecular flexibility index (Phi) is 3.55. The third-order valence-electron chi connectivity index (χ3n) is 3.37. The highest BCUT2D eigenvalue weighted by molar-refractivity contribution is 5.94. The largest absolute Gasteiger partial charge is 0.493 e. The number of aromatic nitrogens is 1. The normalized spacial score (nSPS) is 12.3. The lowest BCUT2D eigenvalue weighted by atomic mass is 10.1. The molecule has 0 saturated carbocycles. The summed E-state index contributed by atoms with van der Waals surface area (Å²) in [6.07, 6.45) is -4.52. The average molecular weight is 319 g/mol. The number of azo groups is 1. The molecule has 0 aliphatic carbocycles. The first kappa shape index (κ1) is 15.1. The number of alkyl halides is 3. The molecule has 0 atom stereocenters. The van der Waals surface area contributed by atoms with E-state index in [1.807, 2.05) is 13.0 Å². The fraction of sp³-hybridized carbons (Fsp3) is 0.125. The minimum absolute atomic E-state index is 0.112. The van der Waals surface area contributed by atoms with Crippen LogP contribution in [0.4, 0.5) is 24.5 Å². The second-order valence-electron chi connectivity index (χ2n) is 5.09. The number of fused-ring (bicyclic) bond motifs is 1. The molecule has 0 amide bonds. The molecule has 4 nitrogen and oxygen atoms in total. The Morgan fingerprint density at radius 2 is 1.78 bits per heavy atom. The summed E-state index contributed by atoms with van der Waals surface area (Å²) in [4.78, 5) is 2.71. The average Bonchev–Trinajstić information content (AvgIpc) is 2.79. The van der Waals surface area contributed by atoms with Crippen LogP contribution in [0.5, 0.6) is 5.88 Å². The zero-order chi connectivity index (χ0) is 16.6. The number of aryl methyl sites for hydroxylation is 1. The van der Waals surface area contributed by atoms with Crippen molar-refractivity contribution in [3.8, 4) is 5.88 Å². The number of hydrogen-bond acceptors (Lipinski definition) is 3. The molecule has 23 heavy (non-hydrogen) atoms. The molecule has 2 N–H and O–H groups in total. The van der Waals surface area contributed by atoms with E-state index in [2.05, 4.69) is 15.2 Å². The summed E-state index contributed by atoms with van der Waals surface area (Å²) in [5.74, 6) is -0.237. The lowest BCUT2D eigenvalue weighted by Crippen LogP contribution is -2.04. The van der Waals surface area contributed by atoms with Crippen molar-refractivity contribution in [3.05, 3.63) is 53.6 Å². The van der Waals surface area contributed by atoms with E-state index in [1.54, 1.807) is 12.1 Å². The van der Waals surface area contributed by atoms with Gasteiger partial charge in [0.1, 0.15) is 0 Å². The monoisotopic (exact) mass is 319 g/mol. The van der Waals surface area contributed by atoms with Crippen LogP contribution in [0.25, 0.3) is 10.9 Å². The maximum absolute atomic E-state index is 12.9. The predicted octanol–water partition coefficient (Wildman–Crippen LogP) is 5.62. The van der Waals surface area contributed by atoms with Gasteiger partial charge in [-0.15, -0.1) is 10.2 Å². The molecule has 0 fully saturated rings. The minimum atomic E-state index is -4.52. The number of H-pyrrole nitrogens is 1. The van der Waals surface area contributed by atoms with Crippen molar-refractivity contribution < 1.29 is 18.3 Å². The van der Waals surface area contributed by atoms with Crippen LogP contribution in [-0.4, -0.2) is 10.1 Å². The van der Waals surface area contributed by atoms with Crippen molar-refractivity contribution in [2.75, 3.05) is 0 Å². The molecule has 1 aromatic heterocycles. The van der Waals surface area contributed by atoms with Gasteiger partial charge in [0.15, 0.2) is 5.69 Å². The van der Waals surface area contributed by atoms with E-state index in [0.717, 1.165) is 11.6 Å². The van der Waals surface area contributed by atoms with Crippen LogP contribution in [0.15, 0.2) is 52.7 Å². The van der Waals surface area contributed by atoms with Crippen LogP contribution in [0.1, 0.15) is 11.1 Å². The number of rotatable bonds is 2. The van der Waals surface area contributed by atoms with E-state index >= 15 is 0 Å². The molecule has 7 heteroatoms. The molecule has 3 aromatic rings. The van der Waals surface area contributed by atoms with Crippen LogP contribution < -0.4 is 0 Å². The van der Waals surface area contributed by atoms with Crippen LogP contribution in [-0.2, 0) is 6.18 Å². The summed E-state index contributed by atoms with van der Waals surface area (Å²) in [7, 11) is 0. The van der Waals surface area contributed by atoms with Gasteiger partial charge in [0.2, 0.25) is 5.88 Å². The fourth-order valence-corrected chi connectivity index (χ4v) is 2.28. The highest BCUT2D eigenvalue weighted by atomic mass is 19.4. The molecule has 0 spiro atoms. The van der Waals surface area contributed by atoms with Gasteiger partial charge in [0.05, 0.1) is 16.8 Å². The second-order valence-corrected chi connectivity index (χ2v) is 5.09. The third-order valence-corrected chi connectivity index (χ3v) is 3.37. The Labute approximate surface area is 129 Å². The zero-order valence-corrected chi connectivity index (χ0v) is 12.0. The Hall–Kier alpha value is -2.83. The van der Waals surface area contributed by atoms with Gasteiger partial charge in [-0.2, -0.15) is 13.2 Å². The number of aromatic hydroxyl groups is 1. The van der Waals surface area contributed by atoms with E-state index in [9.17, 15) is 18.3 Å². The number of nitrogens with zero attached hydrogens (tertiary/aromatic N) is 2. The standard InChI is InChI=1S/C16H12F3N3O/c1-9-6-7-12-10(8-9)14(15(23)20-12)22-21-13-5-3-2-4-11(13)16(17,18)19/h2-8,20,23H,1H3. The van der Waals surface area contributed by atoms with Crippen molar-refractivity contribution in [1.29, 1.82) is 0 Å². The topological polar surface area (TPSA) is 60.7 Å². The smallest absolute Gasteiger partial charge is 0.418 e. The summed E-state index contributed by atoms with van der Waals surface area (Å²) in [6.45, 7) is 1.86. The van der Waals surface area contributed by atoms with Gasteiger partial charge in [-0.25, -0.2) is 0 Å². The molecule has 0 saturated heterocycles. The van der Waals surface area contributed by atoms with Gasteiger partial charge in [-0.1, -0.05) is 23.8 Å². The molecule has 2 aromatic carbocycles. The second kappa shape index (κ2) is 5.42. The fourth-order valence-electron chi connectivity index (χ4n) is 2.28. The van der Waals surface area contributed by atoms with Gasteiger partial charge >= 0.3 is 6.18 Å². The molecule has 0 radical (unpaired) electrons. The van der Waals surface area contributed by atoms with E-state index in [1.165, 1.54) is 18.2 Å². The summed E-state index contributed by atoms with van der Waals surface area (Å²) < 4.78 is 38.8. The highest BCUT2D eigenvalue weighted by Gasteiger charge is 2.33. The van der Waals surface area contributed by atoms with Crippen molar-refractivity contribution in [3.63, 3.8) is 0 Å². The van der Waals surface area contributed by atoms with Gasteiger partial charge in [0, 0.05) is 5.39 Å². The van der Waals surface area contributed by atoms with E-state index in [0.29, 0.717) is 10.9 Å². The molecule has 3 rings (SSSR count). The Bertz CT molecular complexity index is 897. The van der Waals surface area contributed by atoms with Crippen molar-refractivity contribution >= 4 is 22.3 Å². The van der Waals surface area contributed by atoms with Gasteiger partial charge in [-0.05, 0) is 31.2 Å². The third kappa shape index (κ3) is 2.90. The van der Waals surface area contributed by atoms with E-state index < -0.39 is 11.7 Å². The van der Waals surface area contributed by atoms with E-state index in [-0.39, 0.29) is 17.3 Å². The lowest BCUT2D eigenvalue weighted by molar-refractivity contribution is -0.137. The molecule has 0 aliphatic heterocycles. The molecular formula is C16H12F3N3O. The molecule has 1 heterocycles. The predicted molar refractivity (Wildman–Crippen MR) is 80.3 cm³/mol. The first-order valence-corrected chi connectivity index (χ1v) is 6.75. The number of benzene rings is 2. The number of hydrogen-bond donors (Lipinski definition) is 2. The lowest BCUT2D eigenvalue weighted by Gasteiger charge is -2.08. The summed E-state index contributed by atoms with van der Waals surface area (Å²) in [5.41, 5.74) is 0.496. The Morgan fingerprint density at radius 3 is 2.52 bits per heavy atom. The van der Waals surface area contributed by atoms with Crippen molar-refractivity contribution in [2.24, 2.45) is 10.2 Å². The maximum Gasteiger partial charge on any atom is 0.418 e. The van der Waals surface area contributed by atoms with Crippen LogP contribution in [0, 0.1) is 6.92 Å². The van der Waals surface area contributed by atoms with Crippen LogP contribution >= 0.6 is 0 Å². The SMILES string of the molecule is Cc1ccc2[nH]c(O)c(N=Nc3ccccc3C(F)(F)F)c2c1. The van der Waals surface area contributed by atoms with E-state index in [4.69, 9.17) is 0 Å². The molecule has 0 bridgehead atoms. The molecule has 118 valence electrons. The van der Waals surface area contributed by atoms with Crippen molar-refractivity contribution in [2.45, 2.75) is 13.1 Å². The Morgan fingerprint density at radius 1 is 1.04 bits per heavy atom. The minimum Gasteiger partial charge on any atom is -0.493 e. The molecule has 0 aliphatic rings. The summed E-state index contributed by atoms with van der Waals surface area (Å²) >= 11 is 0. The quantitative estimate of drug-likeness (QED) is 0.592. The number of halogens is 3. The summed E-state index contributed by atoms with van der Waals surface area (Å²) in [5, 5.41) is 18.0. The zero-order valence-electron chi connectivity index (χ0n) is 12.0. The first-order valence-electron chi connectivity index (χ1n) is 6.75. The van der Waals surface area contributed by atoms with Crippen LogP contribution in [0.3, 0.4) is 0 Å². The van der Waals surface area contributed by atoms with Gasteiger partial charge in [0.25, 0.3) is 0 Å². The van der Waals surface area contributed by atoms with Gasteiger partial charge in [-0.3, -0.25) is 0 Å². The molecular weight excluding hydrogens is 307 g/mol. The maximum atomic E-state index is 12.9.